The summed E-state index contributed by atoms with van der Waals surface area (Å²) in [4.78, 5) is 32.2. The molecule has 1 unspecified atom stereocenters. The first-order valence-corrected chi connectivity index (χ1v) is 15.9. The molecule has 42 heavy (non-hydrogen) atoms. The van der Waals surface area contributed by atoms with Crippen molar-refractivity contribution in [2.24, 2.45) is 5.92 Å². The fourth-order valence-corrected chi connectivity index (χ4v) is 6.96. The highest BCUT2D eigenvalue weighted by Gasteiger charge is 2.33. The molecule has 0 aliphatic carbocycles. The van der Waals surface area contributed by atoms with Crippen LogP contribution in [0, 0.1) is 5.92 Å². The highest BCUT2D eigenvalue weighted by molar-refractivity contribution is 6.33. The van der Waals surface area contributed by atoms with Gasteiger partial charge in [-0.05, 0) is 77.9 Å². The minimum Gasteiger partial charge on any atom is -0.444 e. The maximum absolute atomic E-state index is 12.4. The SMILES string of the molecule is CC(C)(C)OC(=O)N1CCC(CN2CCC(N3CCC(Nc4ncc(Cl)c(-c5c[nH]c6ccccc56)n4)C3)CC2)CC1. The Kier molecular flexibility index (Phi) is 8.61. The van der Waals surface area contributed by atoms with E-state index in [1.165, 1.54) is 12.8 Å². The number of para-hydroxylation sites is 1. The van der Waals surface area contributed by atoms with Crippen LogP contribution in [0.15, 0.2) is 36.7 Å². The fourth-order valence-electron chi connectivity index (χ4n) is 6.77. The number of likely N-dealkylation sites (tertiary alicyclic amines) is 3. The number of nitrogens with one attached hydrogen (secondary N) is 2. The molecular weight excluding hydrogens is 550 g/mol. The van der Waals surface area contributed by atoms with Crippen LogP contribution in [0.25, 0.3) is 22.2 Å². The van der Waals surface area contributed by atoms with Crippen LogP contribution >= 0.6 is 11.6 Å². The number of piperidine rings is 2. The van der Waals surface area contributed by atoms with Gasteiger partial charge in [0.25, 0.3) is 0 Å². The number of aromatic nitrogens is 3. The summed E-state index contributed by atoms with van der Waals surface area (Å²) in [5.41, 5.74) is 2.38. The van der Waals surface area contributed by atoms with Gasteiger partial charge in [0.05, 0.1) is 16.9 Å². The Morgan fingerprint density at radius 2 is 1.83 bits per heavy atom. The zero-order valence-electron chi connectivity index (χ0n) is 25.1. The van der Waals surface area contributed by atoms with Gasteiger partial charge in [-0.2, -0.15) is 0 Å². The number of carbonyl (C=O) groups excluding carboxylic acids is 1. The lowest BCUT2D eigenvalue weighted by Crippen LogP contribution is -2.47. The van der Waals surface area contributed by atoms with Crippen molar-refractivity contribution >= 4 is 34.5 Å². The highest BCUT2D eigenvalue weighted by Crippen LogP contribution is 2.33. The zero-order valence-corrected chi connectivity index (χ0v) is 25.9. The number of hydrogen-bond acceptors (Lipinski definition) is 7. The second-order valence-corrected chi connectivity index (χ2v) is 13.6. The number of aromatic amines is 1. The van der Waals surface area contributed by atoms with E-state index in [1.54, 1.807) is 6.20 Å². The van der Waals surface area contributed by atoms with Gasteiger partial charge in [0.2, 0.25) is 5.95 Å². The Morgan fingerprint density at radius 1 is 1.07 bits per heavy atom. The number of H-pyrrole nitrogens is 1. The van der Waals surface area contributed by atoms with Gasteiger partial charge in [0.1, 0.15) is 5.60 Å². The van der Waals surface area contributed by atoms with Gasteiger partial charge in [-0.1, -0.05) is 29.8 Å². The molecule has 3 aliphatic rings. The van der Waals surface area contributed by atoms with E-state index in [-0.39, 0.29) is 6.09 Å². The number of fused-ring (bicyclic) bond motifs is 1. The van der Waals surface area contributed by atoms with Crippen LogP contribution in [-0.2, 0) is 4.74 Å². The molecule has 0 saturated carbocycles. The summed E-state index contributed by atoms with van der Waals surface area (Å²) in [5.74, 6) is 1.30. The minimum absolute atomic E-state index is 0.169. The lowest BCUT2D eigenvalue weighted by Gasteiger charge is -2.40. The van der Waals surface area contributed by atoms with Gasteiger partial charge in [0, 0.05) is 67.5 Å². The number of halogens is 1. The Bertz CT molecular complexity index is 1370. The first kappa shape index (κ1) is 29.2. The average Bonchev–Trinajstić information content (AvgIpc) is 3.61. The van der Waals surface area contributed by atoms with Crippen LogP contribution in [0.2, 0.25) is 5.02 Å². The molecule has 5 heterocycles. The lowest BCUT2D eigenvalue weighted by molar-refractivity contribution is 0.0160. The van der Waals surface area contributed by atoms with Crippen LogP contribution in [0.4, 0.5) is 10.7 Å². The predicted molar refractivity (Wildman–Crippen MR) is 168 cm³/mol. The third-order valence-corrected chi connectivity index (χ3v) is 9.27. The summed E-state index contributed by atoms with van der Waals surface area (Å²) in [6.07, 6.45) is 9.15. The van der Waals surface area contributed by atoms with Gasteiger partial charge in [-0.25, -0.2) is 14.8 Å². The van der Waals surface area contributed by atoms with E-state index < -0.39 is 5.60 Å². The summed E-state index contributed by atoms with van der Waals surface area (Å²) in [7, 11) is 0. The van der Waals surface area contributed by atoms with Gasteiger partial charge in [0.15, 0.2) is 0 Å². The Labute approximate surface area is 254 Å². The molecule has 1 atom stereocenters. The topological polar surface area (TPSA) is 89.6 Å². The molecule has 1 aromatic carbocycles. The molecule has 3 saturated heterocycles. The molecular formula is C32H44ClN7O2. The summed E-state index contributed by atoms with van der Waals surface area (Å²) in [6, 6.07) is 9.16. The molecule has 1 amide bonds. The molecule has 2 aromatic heterocycles. The molecule has 6 rings (SSSR count). The number of ether oxygens (including phenoxy) is 1. The van der Waals surface area contributed by atoms with Crippen molar-refractivity contribution in [3.8, 4) is 11.3 Å². The molecule has 10 heteroatoms. The lowest BCUT2D eigenvalue weighted by atomic mass is 9.94. The maximum atomic E-state index is 12.4. The Morgan fingerprint density at radius 3 is 2.60 bits per heavy atom. The van der Waals surface area contributed by atoms with Crippen molar-refractivity contribution in [2.45, 2.75) is 70.6 Å². The molecule has 2 N–H and O–H groups in total. The Hall–Kier alpha value is -2.88. The van der Waals surface area contributed by atoms with Crippen LogP contribution in [-0.4, -0.2) is 99.2 Å². The second-order valence-electron chi connectivity index (χ2n) is 13.2. The van der Waals surface area contributed by atoms with Crippen LogP contribution in [0.1, 0.15) is 52.9 Å². The minimum atomic E-state index is -0.435. The molecule has 3 aliphatic heterocycles. The molecule has 0 radical (unpaired) electrons. The maximum Gasteiger partial charge on any atom is 0.410 e. The fraction of sp³-hybridized carbons (Fsp3) is 0.594. The van der Waals surface area contributed by atoms with Crippen LogP contribution in [0.5, 0.6) is 0 Å². The van der Waals surface area contributed by atoms with Crippen LogP contribution < -0.4 is 5.32 Å². The molecule has 3 aromatic rings. The van der Waals surface area contributed by atoms with Crippen molar-refractivity contribution in [1.29, 1.82) is 0 Å². The standard InChI is InChI=1S/C32H44ClN7O2/c1-32(2,3)42-31(41)39-15-8-22(9-16-39)20-38-13-11-24(12-14-38)40-17-10-23(21-40)36-30-35-19-27(33)29(37-30)26-18-34-28-7-5-4-6-25(26)28/h4-7,18-19,22-24,34H,8-17,20-21H2,1-3H3,(H,35,36,37). The van der Waals surface area contributed by atoms with E-state index in [4.69, 9.17) is 21.3 Å². The van der Waals surface area contributed by atoms with E-state index in [0.717, 1.165) is 87.2 Å². The van der Waals surface area contributed by atoms with E-state index in [9.17, 15) is 4.79 Å². The van der Waals surface area contributed by atoms with Crippen molar-refractivity contribution in [3.05, 3.63) is 41.7 Å². The first-order valence-electron chi connectivity index (χ1n) is 15.5. The van der Waals surface area contributed by atoms with E-state index in [2.05, 4.69) is 37.2 Å². The third kappa shape index (κ3) is 6.84. The number of benzene rings is 1. The highest BCUT2D eigenvalue weighted by atomic mass is 35.5. The number of carbonyl (C=O) groups is 1. The molecule has 9 nitrogen and oxygen atoms in total. The molecule has 0 spiro atoms. The first-order chi connectivity index (χ1) is 20.2. The average molecular weight is 594 g/mol. The second kappa shape index (κ2) is 12.4. The Balaban J connectivity index is 0.957. The summed E-state index contributed by atoms with van der Waals surface area (Å²) in [5, 5.41) is 5.25. The van der Waals surface area contributed by atoms with Crippen LogP contribution in [0.3, 0.4) is 0 Å². The van der Waals surface area contributed by atoms with E-state index in [1.807, 2.05) is 44.0 Å². The van der Waals surface area contributed by atoms with E-state index in [0.29, 0.717) is 29.0 Å². The predicted octanol–water partition coefficient (Wildman–Crippen LogP) is 5.88. The number of rotatable bonds is 6. The van der Waals surface area contributed by atoms with Gasteiger partial charge in [-0.15, -0.1) is 0 Å². The van der Waals surface area contributed by atoms with Crippen molar-refractivity contribution in [2.75, 3.05) is 51.1 Å². The number of hydrogen-bond donors (Lipinski definition) is 2. The summed E-state index contributed by atoms with van der Waals surface area (Å²) in [6.45, 7) is 13.0. The van der Waals surface area contributed by atoms with Crippen molar-refractivity contribution in [3.63, 3.8) is 0 Å². The number of anilines is 1. The molecule has 3 fully saturated rings. The normalized spacial score (nSPS) is 21.7. The smallest absolute Gasteiger partial charge is 0.410 e. The third-order valence-electron chi connectivity index (χ3n) is 9.00. The monoisotopic (exact) mass is 593 g/mol. The van der Waals surface area contributed by atoms with Gasteiger partial charge < -0.3 is 24.8 Å². The van der Waals surface area contributed by atoms with E-state index >= 15 is 0 Å². The zero-order chi connectivity index (χ0) is 29.3. The van der Waals surface area contributed by atoms with Gasteiger partial charge >= 0.3 is 6.09 Å². The molecule has 0 bridgehead atoms. The number of nitrogens with zero attached hydrogens (tertiary/aromatic N) is 5. The van der Waals surface area contributed by atoms with Gasteiger partial charge in [-0.3, -0.25) is 4.90 Å². The van der Waals surface area contributed by atoms with Crippen molar-refractivity contribution in [1.82, 2.24) is 29.7 Å². The largest absolute Gasteiger partial charge is 0.444 e. The number of amides is 1. The summed E-state index contributed by atoms with van der Waals surface area (Å²) >= 11 is 6.54. The molecule has 226 valence electrons. The van der Waals surface area contributed by atoms with Crippen molar-refractivity contribution < 1.29 is 9.53 Å². The quantitative estimate of drug-likeness (QED) is 0.369. The summed E-state index contributed by atoms with van der Waals surface area (Å²) < 4.78 is 5.56.